The Morgan fingerprint density at radius 3 is 2.44 bits per heavy atom. The van der Waals surface area contributed by atoms with Gasteiger partial charge >= 0.3 is 6.09 Å². The van der Waals surface area contributed by atoms with Crippen molar-refractivity contribution in [1.82, 2.24) is 9.80 Å². The average Bonchev–Trinajstić information content (AvgIpc) is 2.84. The Kier molecular flexibility index (Phi) is 5.06. The Morgan fingerprint density at radius 2 is 1.89 bits per heavy atom. The number of carbonyl (C=O) groups excluding carboxylic acids is 1. The van der Waals surface area contributed by atoms with Gasteiger partial charge in [0.05, 0.1) is 6.61 Å². The summed E-state index contributed by atoms with van der Waals surface area (Å²) < 4.78 is 11.5. The lowest BCUT2D eigenvalue weighted by atomic mass is 9.80. The molecular formula is C21H32N2O4. The Bertz CT molecular complexity index is 716. The van der Waals surface area contributed by atoms with Crippen molar-refractivity contribution in [3.8, 4) is 11.5 Å². The molecule has 0 spiro atoms. The second-order valence-corrected chi connectivity index (χ2v) is 9.03. The van der Waals surface area contributed by atoms with Gasteiger partial charge in [-0.05, 0) is 24.5 Å². The lowest BCUT2D eigenvalue weighted by molar-refractivity contribution is -0.0286. The molecule has 27 heavy (non-hydrogen) atoms. The summed E-state index contributed by atoms with van der Waals surface area (Å²) in [5, 5.41) is 10.6. The Balaban J connectivity index is 1.78. The summed E-state index contributed by atoms with van der Waals surface area (Å²) in [7, 11) is 0. The molecule has 6 nitrogen and oxygen atoms in total. The smallest absolute Gasteiger partial charge is 0.409 e. The summed E-state index contributed by atoms with van der Waals surface area (Å²) >= 11 is 0. The Hall–Kier alpha value is -1.95. The van der Waals surface area contributed by atoms with Crippen LogP contribution in [0.1, 0.15) is 52.7 Å². The molecule has 1 N–H and O–H groups in total. The molecule has 0 aromatic heterocycles. The second-order valence-electron chi connectivity index (χ2n) is 9.03. The number of fused-ring (bicyclic) bond motifs is 1. The van der Waals surface area contributed by atoms with Crippen LogP contribution in [0.4, 0.5) is 4.79 Å². The highest BCUT2D eigenvalue weighted by Gasteiger charge is 2.46. The third-order valence-corrected chi connectivity index (χ3v) is 5.63. The number of phenolic OH excluding ortho intramolecular Hbond substituents is 1. The first-order valence-corrected chi connectivity index (χ1v) is 9.76. The van der Waals surface area contributed by atoms with Crippen LogP contribution in [0.2, 0.25) is 0 Å². The maximum atomic E-state index is 11.9. The monoisotopic (exact) mass is 376 g/mol. The molecule has 150 valence electrons. The fourth-order valence-electron chi connectivity index (χ4n) is 4.06. The van der Waals surface area contributed by atoms with Crippen molar-refractivity contribution in [2.24, 2.45) is 0 Å². The molecule has 1 saturated heterocycles. The van der Waals surface area contributed by atoms with E-state index in [1.165, 1.54) is 0 Å². The molecule has 6 heteroatoms. The van der Waals surface area contributed by atoms with E-state index in [1.54, 1.807) is 4.90 Å². The zero-order chi connectivity index (χ0) is 20.0. The molecule has 1 atom stereocenters. The summed E-state index contributed by atoms with van der Waals surface area (Å²) in [6.07, 6.45) is -0.363. The van der Waals surface area contributed by atoms with Crippen molar-refractivity contribution in [3.05, 3.63) is 23.3 Å². The van der Waals surface area contributed by atoms with Crippen LogP contribution in [0, 0.1) is 0 Å². The van der Waals surface area contributed by atoms with E-state index in [0.717, 1.165) is 30.0 Å². The van der Waals surface area contributed by atoms with E-state index in [4.69, 9.17) is 9.47 Å². The molecule has 1 fully saturated rings. The zero-order valence-corrected chi connectivity index (χ0v) is 17.3. The van der Waals surface area contributed by atoms with Crippen LogP contribution in [-0.4, -0.2) is 60.0 Å². The summed E-state index contributed by atoms with van der Waals surface area (Å²) in [6, 6.07) is 3.85. The summed E-state index contributed by atoms with van der Waals surface area (Å²) in [5.74, 6) is 1.17. The minimum atomic E-state index is -0.255. The van der Waals surface area contributed by atoms with E-state index in [2.05, 4.69) is 39.5 Å². The molecule has 3 rings (SSSR count). The lowest BCUT2D eigenvalue weighted by Gasteiger charge is -2.41. The summed E-state index contributed by atoms with van der Waals surface area (Å²) in [5.41, 5.74) is 1.52. The first-order chi connectivity index (χ1) is 12.6. The number of hydrogen-bond donors (Lipinski definition) is 1. The fourth-order valence-corrected chi connectivity index (χ4v) is 4.06. The molecule has 2 heterocycles. The SMILES string of the molecule is CCOC(=O)N1CCN(C2Oc3cc(C(C)(C)C)c(O)cc3C2(C)C)CC1. The Morgan fingerprint density at radius 1 is 1.26 bits per heavy atom. The third-order valence-electron chi connectivity index (χ3n) is 5.63. The summed E-state index contributed by atoms with van der Waals surface area (Å²) in [6.45, 7) is 15.5. The zero-order valence-electron chi connectivity index (χ0n) is 17.3. The number of phenols is 1. The highest BCUT2D eigenvalue weighted by Crippen LogP contribution is 2.48. The van der Waals surface area contributed by atoms with Crippen molar-refractivity contribution >= 4 is 6.09 Å². The molecule has 1 aromatic rings. The molecule has 1 aromatic carbocycles. The van der Waals surface area contributed by atoms with Gasteiger partial charge < -0.3 is 19.5 Å². The first-order valence-electron chi connectivity index (χ1n) is 9.76. The number of hydrogen-bond acceptors (Lipinski definition) is 5. The lowest BCUT2D eigenvalue weighted by Crippen LogP contribution is -2.56. The molecule has 0 bridgehead atoms. The van der Waals surface area contributed by atoms with Crippen LogP contribution in [0.3, 0.4) is 0 Å². The van der Waals surface area contributed by atoms with E-state index < -0.39 is 0 Å². The van der Waals surface area contributed by atoms with Crippen LogP contribution in [-0.2, 0) is 15.6 Å². The maximum absolute atomic E-state index is 11.9. The van der Waals surface area contributed by atoms with Crippen molar-refractivity contribution < 1.29 is 19.4 Å². The van der Waals surface area contributed by atoms with Gasteiger partial charge in [-0.15, -0.1) is 0 Å². The predicted octanol–water partition coefficient (Wildman–Crippen LogP) is 3.46. The first kappa shape index (κ1) is 19.8. The van der Waals surface area contributed by atoms with Gasteiger partial charge in [0, 0.05) is 42.7 Å². The molecule has 1 amide bonds. The van der Waals surface area contributed by atoms with Gasteiger partial charge in [-0.2, -0.15) is 0 Å². The molecule has 0 radical (unpaired) electrons. The molecule has 2 aliphatic rings. The number of nitrogens with zero attached hydrogens (tertiary/aromatic N) is 2. The van der Waals surface area contributed by atoms with Crippen LogP contribution in [0.5, 0.6) is 11.5 Å². The fraction of sp³-hybridized carbons (Fsp3) is 0.667. The van der Waals surface area contributed by atoms with Gasteiger partial charge in [0.2, 0.25) is 0 Å². The van der Waals surface area contributed by atoms with Crippen molar-refractivity contribution in [3.63, 3.8) is 0 Å². The van der Waals surface area contributed by atoms with Gasteiger partial charge in [-0.3, -0.25) is 4.90 Å². The van der Waals surface area contributed by atoms with Crippen LogP contribution < -0.4 is 4.74 Å². The Labute approximate surface area is 162 Å². The van der Waals surface area contributed by atoms with Crippen LogP contribution >= 0.6 is 0 Å². The number of carbonyl (C=O) groups is 1. The predicted molar refractivity (Wildman–Crippen MR) is 104 cm³/mol. The third kappa shape index (κ3) is 3.59. The van der Waals surface area contributed by atoms with Gasteiger partial charge in [-0.25, -0.2) is 4.79 Å². The number of benzene rings is 1. The number of aromatic hydroxyl groups is 1. The molecule has 1 unspecified atom stereocenters. The quantitative estimate of drug-likeness (QED) is 0.856. The topological polar surface area (TPSA) is 62.2 Å². The number of piperazine rings is 1. The van der Waals surface area contributed by atoms with E-state index in [9.17, 15) is 9.90 Å². The van der Waals surface area contributed by atoms with Crippen molar-refractivity contribution in [2.45, 2.75) is 58.6 Å². The molecular weight excluding hydrogens is 344 g/mol. The minimum Gasteiger partial charge on any atom is -0.508 e. The average molecular weight is 376 g/mol. The van der Waals surface area contributed by atoms with Crippen LogP contribution in [0.15, 0.2) is 12.1 Å². The number of ether oxygens (including phenoxy) is 2. The van der Waals surface area contributed by atoms with E-state index in [1.807, 2.05) is 19.1 Å². The maximum Gasteiger partial charge on any atom is 0.409 e. The van der Waals surface area contributed by atoms with Crippen molar-refractivity contribution in [2.75, 3.05) is 32.8 Å². The van der Waals surface area contributed by atoms with E-state index in [0.29, 0.717) is 25.4 Å². The highest BCUT2D eigenvalue weighted by molar-refractivity contribution is 5.67. The highest BCUT2D eigenvalue weighted by atomic mass is 16.6. The standard InChI is InChI=1S/C21H32N2O4/c1-7-26-19(25)23-10-8-22(9-11-23)18-21(5,6)15-12-16(24)14(20(2,3)4)13-17(15)27-18/h12-13,18,24H,7-11H2,1-6H3. The van der Waals surface area contributed by atoms with E-state index >= 15 is 0 Å². The number of rotatable bonds is 2. The van der Waals surface area contributed by atoms with E-state index in [-0.39, 0.29) is 23.2 Å². The van der Waals surface area contributed by atoms with Gasteiger partial charge in [0.1, 0.15) is 11.5 Å². The second kappa shape index (κ2) is 6.89. The summed E-state index contributed by atoms with van der Waals surface area (Å²) in [4.78, 5) is 16.0. The van der Waals surface area contributed by atoms with Crippen LogP contribution in [0.25, 0.3) is 0 Å². The molecule has 0 aliphatic carbocycles. The molecule has 2 aliphatic heterocycles. The van der Waals surface area contributed by atoms with Gasteiger partial charge in [0.15, 0.2) is 6.23 Å². The van der Waals surface area contributed by atoms with Crippen molar-refractivity contribution in [1.29, 1.82) is 0 Å². The van der Waals surface area contributed by atoms with Gasteiger partial charge in [0.25, 0.3) is 0 Å². The largest absolute Gasteiger partial charge is 0.508 e. The van der Waals surface area contributed by atoms with Gasteiger partial charge in [-0.1, -0.05) is 34.6 Å². The number of amides is 1. The minimum absolute atomic E-state index is 0.119. The molecule has 0 saturated carbocycles. The normalized spacial score (nSPS) is 22.3.